The summed E-state index contributed by atoms with van der Waals surface area (Å²) in [6, 6.07) is 2.66. The second-order valence-electron chi connectivity index (χ2n) is 3.71. The number of carbonyl (C=O) groups is 1. The SMILES string of the molecule is N[C@@H](Cc1ccc(Br)c2c1OCCO2)C(=O)O. The van der Waals surface area contributed by atoms with E-state index in [1.54, 1.807) is 12.1 Å². The Morgan fingerprint density at radius 1 is 1.41 bits per heavy atom. The Morgan fingerprint density at radius 2 is 2.06 bits per heavy atom. The molecule has 1 aromatic rings. The van der Waals surface area contributed by atoms with Gasteiger partial charge in [-0.25, -0.2) is 0 Å². The lowest BCUT2D eigenvalue weighted by Gasteiger charge is -2.22. The number of ether oxygens (including phenoxy) is 2. The van der Waals surface area contributed by atoms with E-state index in [4.69, 9.17) is 20.3 Å². The number of aliphatic carboxylic acids is 1. The Balaban J connectivity index is 2.32. The molecule has 0 spiro atoms. The topological polar surface area (TPSA) is 81.8 Å². The van der Waals surface area contributed by atoms with Gasteiger partial charge < -0.3 is 20.3 Å². The van der Waals surface area contributed by atoms with Crippen LogP contribution in [0.5, 0.6) is 11.5 Å². The van der Waals surface area contributed by atoms with Crippen molar-refractivity contribution < 1.29 is 19.4 Å². The Morgan fingerprint density at radius 3 is 2.71 bits per heavy atom. The monoisotopic (exact) mass is 301 g/mol. The van der Waals surface area contributed by atoms with Crippen molar-refractivity contribution in [2.45, 2.75) is 12.5 Å². The van der Waals surface area contributed by atoms with Crippen LogP contribution >= 0.6 is 15.9 Å². The summed E-state index contributed by atoms with van der Waals surface area (Å²) >= 11 is 3.36. The van der Waals surface area contributed by atoms with Crippen LogP contribution in [0.4, 0.5) is 0 Å². The van der Waals surface area contributed by atoms with E-state index < -0.39 is 12.0 Å². The van der Waals surface area contributed by atoms with Gasteiger partial charge >= 0.3 is 5.97 Å². The fraction of sp³-hybridized carbons (Fsp3) is 0.364. The molecule has 0 saturated carbocycles. The molecule has 1 aliphatic heterocycles. The number of carboxylic acid groups (broad SMARTS) is 1. The van der Waals surface area contributed by atoms with Crippen molar-refractivity contribution in [1.82, 2.24) is 0 Å². The van der Waals surface area contributed by atoms with Gasteiger partial charge in [-0.3, -0.25) is 4.79 Å². The van der Waals surface area contributed by atoms with E-state index in [1.807, 2.05) is 0 Å². The van der Waals surface area contributed by atoms with Crippen LogP contribution in [0.15, 0.2) is 16.6 Å². The maximum absolute atomic E-state index is 10.7. The van der Waals surface area contributed by atoms with Crippen molar-refractivity contribution in [3.63, 3.8) is 0 Å². The Hall–Kier alpha value is -1.27. The molecule has 0 radical (unpaired) electrons. The summed E-state index contributed by atoms with van der Waals surface area (Å²) in [4.78, 5) is 10.7. The molecule has 0 aliphatic carbocycles. The summed E-state index contributed by atoms with van der Waals surface area (Å²) in [5.41, 5.74) is 6.26. The molecular weight excluding hydrogens is 290 g/mol. The first-order valence-corrected chi connectivity index (χ1v) is 5.94. The molecule has 1 aromatic carbocycles. The van der Waals surface area contributed by atoms with Crippen LogP contribution in [0.1, 0.15) is 5.56 Å². The molecule has 0 unspecified atom stereocenters. The zero-order chi connectivity index (χ0) is 12.4. The van der Waals surface area contributed by atoms with Gasteiger partial charge in [-0.05, 0) is 22.0 Å². The number of halogens is 1. The van der Waals surface area contributed by atoms with Gasteiger partial charge in [-0.2, -0.15) is 0 Å². The smallest absolute Gasteiger partial charge is 0.320 e. The lowest BCUT2D eigenvalue weighted by molar-refractivity contribution is -0.138. The normalized spacial score (nSPS) is 15.4. The summed E-state index contributed by atoms with van der Waals surface area (Å²) in [5.74, 6) is 0.173. The molecule has 0 fully saturated rings. The van der Waals surface area contributed by atoms with E-state index in [1.165, 1.54) is 0 Å². The van der Waals surface area contributed by atoms with Gasteiger partial charge in [0.15, 0.2) is 11.5 Å². The molecule has 0 saturated heterocycles. The van der Waals surface area contributed by atoms with Gasteiger partial charge in [0.2, 0.25) is 0 Å². The maximum Gasteiger partial charge on any atom is 0.320 e. The first-order chi connectivity index (χ1) is 8.09. The average Bonchev–Trinajstić information content (AvgIpc) is 2.33. The molecular formula is C11H12BrNO4. The van der Waals surface area contributed by atoms with Gasteiger partial charge in [-0.15, -0.1) is 0 Å². The lowest BCUT2D eigenvalue weighted by Crippen LogP contribution is -2.32. The number of carboxylic acids is 1. The summed E-state index contributed by atoms with van der Waals surface area (Å²) < 4.78 is 11.8. The molecule has 0 amide bonds. The lowest BCUT2D eigenvalue weighted by atomic mass is 10.0. The minimum atomic E-state index is -1.03. The second kappa shape index (κ2) is 4.93. The van der Waals surface area contributed by atoms with Crippen molar-refractivity contribution in [1.29, 1.82) is 0 Å². The predicted octanol–water partition coefficient (Wildman–Crippen LogP) is 1.17. The molecule has 6 heteroatoms. The average molecular weight is 302 g/mol. The van der Waals surface area contributed by atoms with Crippen LogP contribution in [0.3, 0.4) is 0 Å². The third kappa shape index (κ3) is 2.53. The van der Waals surface area contributed by atoms with Gasteiger partial charge in [0.05, 0.1) is 4.47 Å². The highest BCUT2D eigenvalue weighted by molar-refractivity contribution is 9.10. The third-order valence-corrected chi connectivity index (χ3v) is 3.10. The molecule has 5 nitrogen and oxygen atoms in total. The van der Waals surface area contributed by atoms with E-state index in [2.05, 4.69) is 15.9 Å². The van der Waals surface area contributed by atoms with Crippen molar-refractivity contribution >= 4 is 21.9 Å². The fourth-order valence-electron chi connectivity index (χ4n) is 1.64. The van der Waals surface area contributed by atoms with Gasteiger partial charge in [-0.1, -0.05) is 6.07 Å². The highest BCUT2D eigenvalue weighted by Crippen LogP contribution is 2.40. The van der Waals surface area contributed by atoms with Crippen LogP contribution in [-0.4, -0.2) is 30.3 Å². The molecule has 92 valence electrons. The molecule has 17 heavy (non-hydrogen) atoms. The zero-order valence-electron chi connectivity index (χ0n) is 8.98. The standard InChI is InChI=1S/C11H12BrNO4/c12-7-2-1-6(5-8(13)11(14)15)9-10(7)17-4-3-16-9/h1-2,8H,3-5,13H2,(H,14,15)/t8-/m0/s1. The fourth-order valence-corrected chi connectivity index (χ4v) is 2.07. The summed E-state index contributed by atoms with van der Waals surface area (Å²) in [5, 5.41) is 8.80. The Labute approximate surface area is 107 Å². The van der Waals surface area contributed by atoms with Crippen LogP contribution in [0.25, 0.3) is 0 Å². The molecule has 1 heterocycles. The van der Waals surface area contributed by atoms with Crippen molar-refractivity contribution in [3.8, 4) is 11.5 Å². The van der Waals surface area contributed by atoms with Crippen LogP contribution in [0.2, 0.25) is 0 Å². The summed E-state index contributed by atoms with van der Waals surface area (Å²) in [6.45, 7) is 0.943. The van der Waals surface area contributed by atoms with Crippen molar-refractivity contribution in [2.24, 2.45) is 5.73 Å². The van der Waals surface area contributed by atoms with E-state index >= 15 is 0 Å². The highest BCUT2D eigenvalue weighted by Gasteiger charge is 2.22. The van der Waals surface area contributed by atoms with Crippen LogP contribution < -0.4 is 15.2 Å². The van der Waals surface area contributed by atoms with Crippen LogP contribution in [-0.2, 0) is 11.2 Å². The molecule has 0 bridgehead atoms. The first-order valence-electron chi connectivity index (χ1n) is 5.15. The number of nitrogens with two attached hydrogens (primary N) is 1. The Bertz CT molecular complexity index is 449. The first kappa shape index (κ1) is 12.2. The van der Waals surface area contributed by atoms with E-state index in [0.717, 1.165) is 10.0 Å². The third-order valence-electron chi connectivity index (χ3n) is 2.48. The molecule has 0 aromatic heterocycles. The number of fused-ring (bicyclic) bond motifs is 1. The van der Waals surface area contributed by atoms with E-state index in [9.17, 15) is 4.79 Å². The number of rotatable bonds is 3. The summed E-state index contributed by atoms with van der Waals surface area (Å²) in [6.07, 6.45) is 0.217. The summed E-state index contributed by atoms with van der Waals surface area (Å²) in [7, 11) is 0. The maximum atomic E-state index is 10.7. The number of hydrogen-bond acceptors (Lipinski definition) is 4. The molecule has 1 aliphatic rings. The second-order valence-corrected chi connectivity index (χ2v) is 4.56. The van der Waals surface area contributed by atoms with E-state index in [-0.39, 0.29) is 6.42 Å². The molecule has 1 atom stereocenters. The minimum absolute atomic E-state index is 0.217. The van der Waals surface area contributed by atoms with Crippen molar-refractivity contribution in [3.05, 3.63) is 22.2 Å². The van der Waals surface area contributed by atoms with Crippen molar-refractivity contribution in [2.75, 3.05) is 13.2 Å². The van der Waals surface area contributed by atoms with Crippen LogP contribution in [0, 0.1) is 0 Å². The van der Waals surface area contributed by atoms with Gasteiger partial charge in [0.1, 0.15) is 19.3 Å². The Kier molecular flexibility index (Phi) is 3.54. The predicted molar refractivity (Wildman–Crippen MR) is 64.4 cm³/mol. The highest BCUT2D eigenvalue weighted by atomic mass is 79.9. The quantitative estimate of drug-likeness (QED) is 0.876. The van der Waals surface area contributed by atoms with Gasteiger partial charge in [0, 0.05) is 12.0 Å². The largest absolute Gasteiger partial charge is 0.486 e. The molecule has 3 N–H and O–H groups in total. The number of benzene rings is 1. The zero-order valence-corrected chi connectivity index (χ0v) is 10.6. The minimum Gasteiger partial charge on any atom is -0.486 e. The van der Waals surface area contributed by atoms with E-state index in [0.29, 0.717) is 24.7 Å². The number of hydrogen-bond donors (Lipinski definition) is 2. The van der Waals surface area contributed by atoms with Gasteiger partial charge in [0.25, 0.3) is 0 Å². The molecule has 2 rings (SSSR count).